The average Bonchev–Trinajstić information content (AvgIpc) is 3.09. The van der Waals surface area contributed by atoms with Gasteiger partial charge in [-0.25, -0.2) is 0 Å². The molecule has 1 aliphatic heterocycles. The van der Waals surface area contributed by atoms with E-state index in [4.69, 9.17) is 0 Å². The predicted molar refractivity (Wildman–Crippen MR) is 99.3 cm³/mol. The fourth-order valence-electron chi connectivity index (χ4n) is 2.80. The van der Waals surface area contributed by atoms with Gasteiger partial charge in [-0.15, -0.1) is 0 Å². The van der Waals surface area contributed by atoms with E-state index >= 15 is 0 Å². The maximum absolute atomic E-state index is 11.8. The van der Waals surface area contributed by atoms with Crippen LogP contribution in [0.25, 0.3) is 0 Å². The van der Waals surface area contributed by atoms with E-state index in [-0.39, 0.29) is 5.91 Å². The fraction of sp³-hybridized carbons (Fsp3) is 0.316. The third-order valence-corrected chi connectivity index (χ3v) is 4.17. The third kappa shape index (κ3) is 4.56. The minimum absolute atomic E-state index is 0.213. The van der Waals surface area contributed by atoms with Crippen LogP contribution in [0.2, 0.25) is 0 Å². The van der Waals surface area contributed by atoms with Crippen LogP contribution in [0.4, 0.5) is 5.69 Å². The number of hydrogen-bond acceptors (Lipinski definition) is 3. The summed E-state index contributed by atoms with van der Waals surface area (Å²) in [4.78, 5) is 22.1. The summed E-state index contributed by atoms with van der Waals surface area (Å²) < 4.78 is 0. The van der Waals surface area contributed by atoms with E-state index in [1.807, 2.05) is 47.4 Å². The van der Waals surface area contributed by atoms with Crippen LogP contribution in [-0.2, 0) is 17.9 Å². The summed E-state index contributed by atoms with van der Waals surface area (Å²) in [6.45, 7) is 2.10. The molecule has 1 fully saturated rings. The van der Waals surface area contributed by atoms with Crippen LogP contribution in [0.5, 0.6) is 0 Å². The number of rotatable bonds is 5. The van der Waals surface area contributed by atoms with E-state index < -0.39 is 0 Å². The first-order chi connectivity index (χ1) is 12.3. The summed E-state index contributed by atoms with van der Waals surface area (Å²) >= 11 is 0. The molecule has 0 bridgehead atoms. The van der Waals surface area contributed by atoms with Crippen molar-refractivity contribution in [3.05, 3.63) is 59.9 Å². The lowest BCUT2D eigenvalue weighted by molar-refractivity contribution is -0.117. The Morgan fingerprint density at radius 1 is 1.16 bits per heavy atom. The number of amides is 1. The number of benzene rings is 1. The van der Waals surface area contributed by atoms with Gasteiger partial charge in [0.25, 0.3) is 0 Å². The van der Waals surface area contributed by atoms with Gasteiger partial charge in [0.05, 0.1) is 12.2 Å². The van der Waals surface area contributed by atoms with Gasteiger partial charge in [-0.3, -0.25) is 14.8 Å². The van der Waals surface area contributed by atoms with Crippen LogP contribution < -0.4 is 15.5 Å². The van der Waals surface area contributed by atoms with Crippen LogP contribution in [0.3, 0.4) is 0 Å². The number of hydrogen-bond donors (Lipinski definition) is 2. The van der Waals surface area contributed by atoms with Gasteiger partial charge < -0.3 is 15.5 Å². The molecule has 130 valence electrons. The van der Waals surface area contributed by atoms with E-state index in [1.165, 1.54) is 0 Å². The number of nitrogens with one attached hydrogen (secondary N) is 2. The van der Waals surface area contributed by atoms with Crippen LogP contribution in [0, 0.1) is 0 Å². The molecule has 2 heterocycles. The average molecular weight is 337 g/mol. The molecule has 0 unspecified atom stereocenters. The van der Waals surface area contributed by atoms with E-state index in [0.717, 1.165) is 35.9 Å². The fourth-order valence-corrected chi connectivity index (χ4v) is 2.80. The number of guanidine groups is 1. The molecular formula is C19H23N5O. The van der Waals surface area contributed by atoms with Gasteiger partial charge in [0.2, 0.25) is 5.91 Å². The highest BCUT2D eigenvalue weighted by atomic mass is 16.2. The standard InChI is InChI=1S/C19H23N5O/c1-20-19(23-14-16-5-2-3-11-21-16)22-13-15-7-9-17(10-8-15)24-12-4-6-18(24)25/h2-3,5,7-11H,4,6,12-14H2,1H3,(H2,20,22,23). The smallest absolute Gasteiger partial charge is 0.227 e. The lowest BCUT2D eigenvalue weighted by atomic mass is 10.2. The van der Waals surface area contributed by atoms with Gasteiger partial charge in [-0.1, -0.05) is 18.2 Å². The van der Waals surface area contributed by atoms with Crippen molar-refractivity contribution in [3.8, 4) is 0 Å². The molecule has 1 aromatic carbocycles. The molecule has 0 aliphatic carbocycles. The van der Waals surface area contributed by atoms with Crippen molar-refractivity contribution in [3.63, 3.8) is 0 Å². The maximum Gasteiger partial charge on any atom is 0.227 e. The summed E-state index contributed by atoms with van der Waals surface area (Å²) in [5.41, 5.74) is 3.07. The first kappa shape index (κ1) is 17.0. The Morgan fingerprint density at radius 2 is 1.96 bits per heavy atom. The van der Waals surface area contributed by atoms with Crippen molar-refractivity contribution in [2.24, 2.45) is 4.99 Å². The second-order valence-corrected chi connectivity index (χ2v) is 5.92. The molecule has 0 radical (unpaired) electrons. The lowest BCUT2D eigenvalue weighted by Crippen LogP contribution is -2.36. The predicted octanol–water partition coefficient (Wildman–Crippen LogP) is 2.07. The Morgan fingerprint density at radius 3 is 2.60 bits per heavy atom. The Labute approximate surface area is 148 Å². The molecule has 0 atom stereocenters. The lowest BCUT2D eigenvalue weighted by Gasteiger charge is -2.16. The summed E-state index contributed by atoms with van der Waals surface area (Å²) in [6.07, 6.45) is 3.38. The number of carbonyl (C=O) groups is 1. The molecular weight excluding hydrogens is 314 g/mol. The van der Waals surface area contributed by atoms with Crippen LogP contribution >= 0.6 is 0 Å². The highest BCUT2D eigenvalue weighted by molar-refractivity contribution is 5.95. The molecule has 2 N–H and O–H groups in total. The minimum Gasteiger partial charge on any atom is -0.352 e. The molecule has 6 heteroatoms. The zero-order chi connectivity index (χ0) is 17.5. The highest BCUT2D eigenvalue weighted by Crippen LogP contribution is 2.21. The van der Waals surface area contributed by atoms with Crippen molar-refractivity contribution in [2.45, 2.75) is 25.9 Å². The maximum atomic E-state index is 11.8. The topological polar surface area (TPSA) is 69.6 Å². The van der Waals surface area contributed by atoms with Crippen LogP contribution in [0.15, 0.2) is 53.7 Å². The number of aliphatic imine (C=N–C) groups is 1. The van der Waals surface area contributed by atoms with Gasteiger partial charge in [0.15, 0.2) is 5.96 Å². The van der Waals surface area contributed by atoms with E-state index in [2.05, 4.69) is 20.6 Å². The highest BCUT2D eigenvalue weighted by Gasteiger charge is 2.21. The van der Waals surface area contributed by atoms with Crippen molar-refractivity contribution >= 4 is 17.6 Å². The van der Waals surface area contributed by atoms with Crippen molar-refractivity contribution in [1.82, 2.24) is 15.6 Å². The first-order valence-corrected chi connectivity index (χ1v) is 8.50. The molecule has 1 amide bonds. The van der Waals surface area contributed by atoms with Crippen molar-refractivity contribution in [1.29, 1.82) is 0 Å². The Bertz CT molecular complexity index is 727. The van der Waals surface area contributed by atoms with Crippen molar-refractivity contribution < 1.29 is 4.79 Å². The van der Waals surface area contributed by atoms with Gasteiger partial charge in [0, 0.05) is 38.4 Å². The van der Waals surface area contributed by atoms with Gasteiger partial charge in [-0.05, 0) is 36.2 Å². The first-order valence-electron chi connectivity index (χ1n) is 8.50. The van der Waals surface area contributed by atoms with Crippen LogP contribution in [-0.4, -0.2) is 30.4 Å². The summed E-state index contributed by atoms with van der Waals surface area (Å²) in [5.74, 6) is 0.939. The number of nitrogens with zero attached hydrogens (tertiary/aromatic N) is 3. The Hall–Kier alpha value is -2.89. The molecule has 6 nitrogen and oxygen atoms in total. The minimum atomic E-state index is 0.213. The second kappa shape index (κ2) is 8.28. The summed E-state index contributed by atoms with van der Waals surface area (Å²) in [6, 6.07) is 13.9. The quantitative estimate of drug-likeness (QED) is 0.647. The zero-order valence-corrected chi connectivity index (χ0v) is 14.4. The Kier molecular flexibility index (Phi) is 5.61. The van der Waals surface area contributed by atoms with Gasteiger partial charge >= 0.3 is 0 Å². The molecule has 25 heavy (non-hydrogen) atoms. The zero-order valence-electron chi connectivity index (χ0n) is 14.4. The van der Waals surface area contributed by atoms with Gasteiger partial charge in [0.1, 0.15) is 0 Å². The molecule has 1 saturated heterocycles. The molecule has 0 saturated carbocycles. The second-order valence-electron chi connectivity index (χ2n) is 5.92. The third-order valence-electron chi connectivity index (χ3n) is 4.17. The number of aromatic nitrogens is 1. The number of carbonyl (C=O) groups excluding carboxylic acids is 1. The molecule has 1 aromatic heterocycles. The van der Waals surface area contributed by atoms with Crippen molar-refractivity contribution in [2.75, 3.05) is 18.5 Å². The van der Waals surface area contributed by atoms with Crippen LogP contribution in [0.1, 0.15) is 24.1 Å². The largest absolute Gasteiger partial charge is 0.352 e. The van der Waals surface area contributed by atoms with E-state index in [9.17, 15) is 4.79 Å². The van der Waals surface area contributed by atoms with E-state index in [1.54, 1.807) is 13.2 Å². The number of pyridine rings is 1. The molecule has 0 spiro atoms. The molecule has 3 rings (SSSR count). The Balaban J connectivity index is 1.50. The summed E-state index contributed by atoms with van der Waals surface area (Å²) in [7, 11) is 1.75. The molecule has 2 aromatic rings. The summed E-state index contributed by atoms with van der Waals surface area (Å²) in [5, 5.41) is 6.53. The van der Waals surface area contributed by atoms with E-state index in [0.29, 0.717) is 19.5 Å². The SMILES string of the molecule is CN=C(NCc1ccc(N2CCCC2=O)cc1)NCc1ccccn1. The number of anilines is 1. The normalized spacial score (nSPS) is 14.7. The molecule has 1 aliphatic rings. The van der Waals surface area contributed by atoms with Gasteiger partial charge in [-0.2, -0.15) is 0 Å². The monoisotopic (exact) mass is 337 g/mol.